The van der Waals surface area contributed by atoms with Crippen LogP contribution in [0.25, 0.3) is 10.9 Å². The van der Waals surface area contributed by atoms with Gasteiger partial charge in [-0.05, 0) is 25.1 Å². The fourth-order valence-electron chi connectivity index (χ4n) is 2.80. The minimum absolute atomic E-state index is 0.0644. The van der Waals surface area contributed by atoms with E-state index < -0.39 is 10.0 Å². The quantitative estimate of drug-likeness (QED) is 0.919. The summed E-state index contributed by atoms with van der Waals surface area (Å²) in [5, 5.41) is 0.667. The van der Waals surface area contributed by atoms with E-state index in [2.05, 4.69) is 4.98 Å². The van der Waals surface area contributed by atoms with E-state index in [1.54, 1.807) is 24.1 Å². The van der Waals surface area contributed by atoms with Gasteiger partial charge < -0.3 is 9.88 Å². The second-order valence-electron chi connectivity index (χ2n) is 5.48. The maximum absolute atomic E-state index is 13.2. The summed E-state index contributed by atoms with van der Waals surface area (Å²) < 4.78 is 38.3. The molecular weight excluding hydrogens is 321 g/mol. The number of carbonyl (C=O) groups is 1. The zero-order valence-corrected chi connectivity index (χ0v) is 13.6. The number of benzene rings is 1. The van der Waals surface area contributed by atoms with E-state index in [9.17, 15) is 17.6 Å². The van der Waals surface area contributed by atoms with Crippen LogP contribution in [0.2, 0.25) is 0 Å². The Labute approximate surface area is 133 Å². The molecule has 6 nitrogen and oxygen atoms in total. The second kappa shape index (κ2) is 5.93. The smallest absolute Gasteiger partial charge is 0.256 e. The number of aromatic nitrogens is 1. The van der Waals surface area contributed by atoms with Crippen LogP contribution in [0.5, 0.6) is 0 Å². The molecule has 23 heavy (non-hydrogen) atoms. The summed E-state index contributed by atoms with van der Waals surface area (Å²) in [5.41, 5.74) is 1.05. The lowest BCUT2D eigenvalue weighted by Crippen LogP contribution is -2.50. The van der Waals surface area contributed by atoms with Gasteiger partial charge in [0.1, 0.15) is 5.82 Å². The number of sulfonamides is 1. The molecule has 0 saturated carbocycles. The van der Waals surface area contributed by atoms with E-state index in [4.69, 9.17) is 0 Å². The van der Waals surface area contributed by atoms with Gasteiger partial charge in [0, 0.05) is 43.3 Å². The van der Waals surface area contributed by atoms with Gasteiger partial charge in [0.05, 0.1) is 11.3 Å². The van der Waals surface area contributed by atoms with Crippen LogP contribution in [0, 0.1) is 5.82 Å². The summed E-state index contributed by atoms with van der Waals surface area (Å²) in [5.74, 6) is -0.470. The first kappa shape index (κ1) is 15.9. The summed E-state index contributed by atoms with van der Waals surface area (Å²) in [6, 6.07) is 4.24. The number of carbonyl (C=O) groups excluding carboxylic acids is 1. The van der Waals surface area contributed by atoms with Crippen molar-refractivity contribution in [3.8, 4) is 0 Å². The van der Waals surface area contributed by atoms with Crippen molar-refractivity contribution in [3.05, 3.63) is 35.8 Å². The molecule has 1 saturated heterocycles. The number of hydrogen-bond acceptors (Lipinski definition) is 3. The third kappa shape index (κ3) is 2.96. The van der Waals surface area contributed by atoms with Gasteiger partial charge >= 0.3 is 0 Å². The summed E-state index contributed by atoms with van der Waals surface area (Å²) in [4.78, 5) is 17.2. The highest BCUT2D eigenvalue weighted by atomic mass is 32.2. The van der Waals surface area contributed by atoms with E-state index in [0.29, 0.717) is 42.6 Å². The Morgan fingerprint density at radius 2 is 1.96 bits per heavy atom. The van der Waals surface area contributed by atoms with Crippen LogP contribution in [0.15, 0.2) is 24.4 Å². The number of rotatable bonds is 3. The van der Waals surface area contributed by atoms with Crippen molar-refractivity contribution >= 4 is 26.8 Å². The van der Waals surface area contributed by atoms with Crippen molar-refractivity contribution in [1.82, 2.24) is 14.2 Å². The lowest BCUT2D eigenvalue weighted by Gasteiger charge is -2.33. The fourth-order valence-corrected chi connectivity index (χ4v) is 3.88. The third-order valence-corrected chi connectivity index (χ3v) is 6.04. The van der Waals surface area contributed by atoms with E-state index >= 15 is 0 Å². The monoisotopic (exact) mass is 339 g/mol. The van der Waals surface area contributed by atoms with Crippen molar-refractivity contribution < 1.29 is 17.6 Å². The van der Waals surface area contributed by atoms with Gasteiger partial charge in [-0.15, -0.1) is 0 Å². The number of H-pyrrole nitrogens is 1. The summed E-state index contributed by atoms with van der Waals surface area (Å²) in [6.45, 7) is 2.92. The third-order valence-electron chi connectivity index (χ3n) is 4.16. The van der Waals surface area contributed by atoms with Crippen LogP contribution in [0.3, 0.4) is 0 Å². The molecule has 1 amide bonds. The average Bonchev–Trinajstić information content (AvgIpc) is 2.97. The number of hydrogen-bond donors (Lipinski definition) is 1. The molecular formula is C15H18FN3O3S. The minimum Gasteiger partial charge on any atom is -0.360 e. The maximum Gasteiger partial charge on any atom is 0.256 e. The van der Waals surface area contributed by atoms with E-state index in [1.165, 1.54) is 16.4 Å². The molecule has 0 bridgehead atoms. The van der Waals surface area contributed by atoms with E-state index in [0.717, 1.165) is 0 Å². The van der Waals surface area contributed by atoms with Gasteiger partial charge in [0.25, 0.3) is 5.91 Å². The first-order valence-corrected chi connectivity index (χ1v) is 9.07. The van der Waals surface area contributed by atoms with Crippen LogP contribution in [-0.4, -0.2) is 60.4 Å². The molecule has 0 radical (unpaired) electrons. The van der Waals surface area contributed by atoms with E-state index in [1.807, 2.05) is 0 Å². The Hall–Kier alpha value is -1.93. The molecule has 1 aromatic heterocycles. The molecule has 2 aromatic rings. The highest BCUT2D eigenvalue weighted by molar-refractivity contribution is 7.89. The molecule has 1 aliphatic rings. The van der Waals surface area contributed by atoms with Crippen LogP contribution in [0.4, 0.5) is 4.39 Å². The standard InChI is InChI=1S/C15H18FN3O3S/c1-2-23(21,22)19-7-5-18(6-8-19)15(20)13-10-17-14-9-11(16)3-4-12(13)14/h3-4,9-10,17H,2,5-8H2,1H3. The first-order chi connectivity index (χ1) is 10.9. The lowest BCUT2D eigenvalue weighted by molar-refractivity contribution is 0.0700. The van der Waals surface area contributed by atoms with Crippen LogP contribution in [-0.2, 0) is 10.0 Å². The highest BCUT2D eigenvalue weighted by Gasteiger charge is 2.28. The molecule has 2 heterocycles. The first-order valence-electron chi connectivity index (χ1n) is 7.46. The zero-order chi connectivity index (χ0) is 16.6. The molecule has 0 spiro atoms. The van der Waals surface area contributed by atoms with E-state index in [-0.39, 0.29) is 17.5 Å². The predicted octanol–water partition coefficient (Wildman–Crippen LogP) is 1.41. The van der Waals surface area contributed by atoms with Gasteiger partial charge in [0.2, 0.25) is 10.0 Å². The number of amides is 1. The molecule has 0 atom stereocenters. The molecule has 3 rings (SSSR count). The normalized spacial score (nSPS) is 16.9. The molecule has 1 aliphatic heterocycles. The van der Waals surface area contributed by atoms with Gasteiger partial charge in [-0.1, -0.05) is 0 Å². The Morgan fingerprint density at radius 1 is 1.26 bits per heavy atom. The lowest BCUT2D eigenvalue weighted by atomic mass is 10.1. The summed E-state index contributed by atoms with van der Waals surface area (Å²) >= 11 is 0. The van der Waals surface area contributed by atoms with Crippen LogP contribution in [0.1, 0.15) is 17.3 Å². The largest absolute Gasteiger partial charge is 0.360 e. The van der Waals surface area contributed by atoms with Crippen LogP contribution < -0.4 is 0 Å². The van der Waals surface area contributed by atoms with Crippen molar-refractivity contribution in [2.45, 2.75) is 6.92 Å². The molecule has 0 unspecified atom stereocenters. The van der Waals surface area contributed by atoms with Crippen LogP contribution >= 0.6 is 0 Å². The van der Waals surface area contributed by atoms with Gasteiger partial charge in [-0.3, -0.25) is 4.79 Å². The molecule has 1 aromatic carbocycles. The van der Waals surface area contributed by atoms with Gasteiger partial charge in [-0.2, -0.15) is 4.31 Å². The number of nitrogens with one attached hydrogen (secondary N) is 1. The zero-order valence-electron chi connectivity index (χ0n) is 12.8. The van der Waals surface area contributed by atoms with Crippen molar-refractivity contribution in [1.29, 1.82) is 0 Å². The number of fused-ring (bicyclic) bond motifs is 1. The topological polar surface area (TPSA) is 73.5 Å². The molecule has 0 aliphatic carbocycles. The number of piperazine rings is 1. The van der Waals surface area contributed by atoms with Crippen molar-refractivity contribution in [3.63, 3.8) is 0 Å². The molecule has 8 heteroatoms. The predicted molar refractivity (Wildman–Crippen MR) is 85.2 cm³/mol. The highest BCUT2D eigenvalue weighted by Crippen LogP contribution is 2.21. The number of nitrogens with zero attached hydrogens (tertiary/aromatic N) is 2. The summed E-state index contributed by atoms with van der Waals surface area (Å²) in [6.07, 6.45) is 1.57. The summed E-state index contributed by atoms with van der Waals surface area (Å²) in [7, 11) is -3.22. The average molecular weight is 339 g/mol. The van der Waals surface area contributed by atoms with Gasteiger partial charge in [0.15, 0.2) is 0 Å². The van der Waals surface area contributed by atoms with Gasteiger partial charge in [-0.25, -0.2) is 12.8 Å². The Kier molecular flexibility index (Phi) is 4.11. The second-order valence-corrected chi connectivity index (χ2v) is 7.74. The SMILES string of the molecule is CCS(=O)(=O)N1CCN(C(=O)c2c[nH]c3cc(F)ccc23)CC1. The molecule has 124 valence electrons. The maximum atomic E-state index is 13.2. The Balaban J connectivity index is 1.77. The minimum atomic E-state index is -3.22. The molecule has 1 fully saturated rings. The number of aromatic amines is 1. The Bertz CT molecular complexity index is 839. The van der Waals surface area contributed by atoms with Crippen molar-refractivity contribution in [2.24, 2.45) is 0 Å². The Morgan fingerprint density at radius 3 is 2.61 bits per heavy atom. The molecule has 1 N–H and O–H groups in total. The fraction of sp³-hybridized carbons (Fsp3) is 0.400. The number of halogens is 1. The van der Waals surface area contributed by atoms with Crippen molar-refractivity contribution in [2.75, 3.05) is 31.9 Å².